The van der Waals surface area contributed by atoms with Crippen molar-refractivity contribution < 1.29 is 14.9 Å². The zero-order chi connectivity index (χ0) is 11.5. The summed E-state index contributed by atoms with van der Waals surface area (Å²) in [7, 11) is 0. The average Bonchev–Trinajstić information content (AvgIpc) is 2.14. The van der Waals surface area contributed by atoms with Gasteiger partial charge in [-0.3, -0.25) is 0 Å². The quantitative estimate of drug-likeness (QED) is 0.884. The van der Waals surface area contributed by atoms with Crippen molar-refractivity contribution in [1.29, 1.82) is 0 Å². The van der Waals surface area contributed by atoms with E-state index in [0.29, 0.717) is 11.3 Å². The molecule has 0 saturated heterocycles. The van der Waals surface area contributed by atoms with Crippen LogP contribution in [0.25, 0.3) is 0 Å². The van der Waals surface area contributed by atoms with Crippen LogP contribution < -0.4 is 4.74 Å². The Hall–Kier alpha value is -0.580. The molecule has 0 fully saturated rings. The van der Waals surface area contributed by atoms with Gasteiger partial charge in [0, 0.05) is 10.0 Å². The molecule has 0 saturated carbocycles. The lowest BCUT2D eigenvalue weighted by Gasteiger charge is -2.19. The van der Waals surface area contributed by atoms with E-state index in [2.05, 4.69) is 15.9 Å². The molecule has 0 atom stereocenters. The number of aliphatic hydroxyl groups excluding tert-OH is 1. The second-order valence-corrected chi connectivity index (χ2v) is 4.93. The molecule has 4 heteroatoms. The zero-order valence-corrected chi connectivity index (χ0v) is 10.4. The fraction of sp³-hybridized carbons (Fsp3) is 0.455. The molecule has 0 heterocycles. The molecule has 15 heavy (non-hydrogen) atoms. The maximum atomic E-state index is 9.50. The van der Waals surface area contributed by atoms with Gasteiger partial charge in [0.1, 0.15) is 12.4 Å². The lowest BCUT2D eigenvalue weighted by atomic mass is 10.1. The van der Waals surface area contributed by atoms with Gasteiger partial charge in [-0.05, 0) is 32.0 Å². The van der Waals surface area contributed by atoms with E-state index in [1.807, 2.05) is 6.07 Å². The summed E-state index contributed by atoms with van der Waals surface area (Å²) in [6.45, 7) is 3.46. The minimum absolute atomic E-state index is 0.0827. The van der Waals surface area contributed by atoms with Crippen molar-refractivity contribution in [2.75, 3.05) is 6.61 Å². The predicted molar refractivity (Wildman–Crippen MR) is 61.9 cm³/mol. The summed E-state index contributed by atoms with van der Waals surface area (Å²) in [6, 6.07) is 5.39. The third-order valence-corrected chi connectivity index (χ3v) is 2.27. The zero-order valence-electron chi connectivity index (χ0n) is 8.83. The summed E-state index contributed by atoms with van der Waals surface area (Å²) in [5.74, 6) is 0.600. The van der Waals surface area contributed by atoms with E-state index < -0.39 is 5.60 Å². The Labute approximate surface area is 97.8 Å². The van der Waals surface area contributed by atoms with Gasteiger partial charge in [-0.2, -0.15) is 0 Å². The summed E-state index contributed by atoms with van der Waals surface area (Å²) in [5.41, 5.74) is -0.173. The van der Waals surface area contributed by atoms with E-state index in [-0.39, 0.29) is 13.2 Å². The second-order valence-electron chi connectivity index (χ2n) is 4.01. The number of hydrogen-bond donors (Lipinski definition) is 2. The third kappa shape index (κ3) is 4.20. The fourth-order valence-electron chi connectivity index (χ4n) is 1.07. The normalized spacial score (nSPS) is 11.5. The van der Waals surface area contributed by atoms with Crippen LogP contribution in [0.5, 0.6) is 5.75 Å². The third-order valence-electron chi connectivity index (χ3n) is 1.77. The summed E-state index contributed by atoms with van der Waals surface area (Å²) in [6.07, 6.45) is 0. The van der Waals surface area contributed by atoms with Crippen LogP contribution in [0.15, 0.2) is 22.7 Å². The van der Waals surface area contributed by atoms with Gasteiger partial charge in [-0.1, -0.05) is 15.9 Å². The average molecular weight is 275 g/mol. The monoisotopic (exact) mass is 274 g/mol. The lowest BCUT2D eigenvalue weighted by Crippen LogP contribution is -2.28. The molecule has 1 aromatic carbocycles. The number of benzene rings is 1. The van der Waals surface area contributed by atoms with Crippen molar-refractivity contribution in [1.82, 2.24) is 0 Å². The number of rotatable bonds is 4. The Bertz CT molecular complexity index is 331. The minimum Gasteiger partial charge on any atom is -0.490 e. The van der Waals surface area contributed by atoms with Gasteiger partial charge in [0.05, 0.1) is 12.2 Å². The number of halogens is 1. The molecule has 0 unspecified atom stereocenters. The van der Waals surface area contributed by atoms with Crippen LogP contribution in [-0.2, 0) is 6.61 Å². The molecule has 1 rings (SSSR count). The molecule has 0 aliphatic heterocycles. The van der Waals surface area contributed by atoms with Crippen molar-refractivity contribution >= 4 is 15.9 Å². The molecule has 2 N–H and O–H groups in total. The summed E-state index contributed by atoms with van der Waals surface area (Å²) >= 11 is 3.31. The largest absolute Gasteiger partial charge is 0.490 e. The van der Waals surface area contributed by atoms with Crippen LogP contribution in [0.1, 0.15) is 19.4 Å². The standard InChI is InChI=1S/C11H15BrO3/c1-11(2,14)7-15-10-4-3-9(12)5-8(10)6-13/h3-5,13-14H,6-7H2,1-2H3. The first-order chi connectivity index (χ1) is 6.92. The molecule has 0 aliphatic rings. The van der Waals surface area contributed by atoms with E-state index in [1.165, 1.54) is 0 Å². The Morgan fingerprint density at radius 3 is 2.60 bits per heavy atom. The first kappa shape index (κ1) is 12.5. The van der Waals surface area contributed by atoms with Crippen LogP contribution in [-0.4, -0.2) is 22.4 Å². The molecule has 0 radical (unpaired) electrons. The van der Waals surface area contributed by atoms with E-state index in [1.54, 1.807) is 26.0 Å². The highest BCUT2D eigenvalue weighted by atomic mass is 79.9. The highest BCUT2D eigenvalue weighted by Crippen LogP contribution is 2.23. The van der Waals surface area contributed by atoms with Gasteiger partial charge in [0.25, 0.3) is 0 Å². The van der Waals surface area contributed by atoms with Gasteiger partial charge >= 0.3 is 0 Å². The summed E-state index contributed by atoms with van der Waals surface area (Å²) < 4.78 is 6.31. The van der Waals surface area contributed by atoms with E-state index in [0.717, 1.165) is 4.47 Å². The van der Waals surface area contributed by atoms with Crippen molar-refractivity contribution in [3.05, 3.63) is 28.2 Å². The first-order valence-electron chi connectivity index (χ1n) is 4.67. The van der Waals surface area contributed by atoms with Crippen LogP contribution in [0.2, 0.25) is 0 Å². The van der Waals surface area contributed by atoms with Crippen molar-refractivity contribution in [3.8, 4) is 5.75 Å². The Morgan fingerprint density at radius 2 is 2.07 bits per heavy atom. The number of aliphatic hydroxyl groups is 2. The molecule has 1 aromatic rings. The lowest BCUT2D eigenvalue weighted by molar-refractivity contribution is 0.0277. The van der Waals surface area contributed by atoms with Gasteiger partial charge in [0.15, 0.2) is 0 Å². The molecule has 3 nitrogen and oxygen atoms in total. The van der Waals surface area contributed by atoms with E-state index >= 15 is 0 Å². The topological polar surface area (TPSA) is 49.7 Å². The SMILES string of the molecule is CC(C)(O)COc1ccc(Br)cc1CO. The molecular weight excluding hydrogens is 260 g/mol. The van der Waals surface area contributed by atoms with Crippen LogP contribution in [0.3, 0.4) is 0 Å². The molecular formula is C11H15BrO3. The fourth-order valence-corrected chi connectivity index (χ4v) is 1.48. The molecule has 84 valence electrons. The van der Waals surface area contributed by atoms with Crippen molar-refractivity contribution in [2.45, 2.75) is 26.1 Å². The van der Waals surface area contributed by atoms with E-state index in [9.17, 15) is 5.11 Å². The maximum absolute atomic E-state index is 9.50. The second kappa shape index (κ2) is 4.96. The summed E-state index contributed by atoms with van der Waals surface area (Å²) in [5, 5.41) is 18.6. The van der Waals surface area contributed by atoms with Crippen molar-refractivity contribution in [2.24, 2.45) is 0 Å². The molecule has 0 aromatic heterocycles. The molecule has 0 bridgehead atoms. The van der Waals surface area contributed by atoms with Crippen LogP contribution >= 0.6 is 15.9 Å². The van der Waals surface area contributed by atoms with Gasteiger partial charge < -0.3 is 14.9 Å². The molecule has 0 aliphatic carbocycles. The Balaban J connectivity index is 2.76. The number of hydrogen-bond acceptors (Lipinski definition) is 3. The van der Waals surface area contributed by atoms with Gasteiger partial charge in [0.2, 0.25) is 0 Å². The predicted octanol–water partition coefficient (Wildman–Crippen LogP) is 2.09. The van der Waals surface area contributed by atoms with Crippen molar-refractivity contribution in [3.63, 3.8) is 0 Å². The maximum Gasteiger partial charge on any atom is 0.125 e. The van der Waals surface area contributed by atoms with Crippen LogP contribution in [0, 0.1) is 0 Å². The van der Waals surface area contributed by atoms with Crippen LogP contribution in [0.4, 0.5) is 0 Å². The van der Waals surface area contributed by atoms with Gasteiger partial charge in [-0.15, -0.1) is 0 Å². The Kier molecular flexibility index (Phi) is 4.13. The highest BCUT2D eigenvalue weighted by molar-refractivity contribution is 9.10. The smallest absolute Gasteiger partial charge is 0.125 e. The van der Waals surface area contributed by atoms with E-state index in [4.69, 9.17) is 9.84 Å². The van der Waals surface area contributed by atoms with Gasteiger partial charge in [-0.25, -0.2) is 0 Å². The first-order valence-corrected chi connectivity index (χ1v) is 5.46. The molecule has 0 spiro atoms. The number of ether oxygens (including phenoxy) is 1. The minimum atomic E-state index is -0.875. The summed E-state index contributed by atoms with van der Waals surface area (Å²) in [4.78, 5) is 0. The molecule has 0 amide bonds. The Morgan fingerprint density at radius 1 is 1.40 bits per heavy atom. The highest BCUT2D eigenvalue weighted by Gasteiger charge is 2.14.